The van der Waals surface area contributed by atoms with Gasteiger partial charge in [-0.1, -0.05) is 45.2 Å². The molecule has 0 fully saturated rings. The molecule has 106 valence electrons. The molecule has 2 aromatic carbocycles. The van der Waals surface area contributed by atoms with Crippen LogP contribution in [0.2, 0.25) is 10.0 Å². The number of methoxy groups -OCH3 is 2. The van der Waals surface area contributed by atoms with Crippen molar-refractivity contribution >= 4 is 39.1 Å². The summed E-state index contributed by atoms with van der Waals surface area (Å²) in [6.45, 7) is 0. The summed E-state index contributed by atoms with van der Waals surface area (Å²) in [6.07, 6.45) is 0. The van der Waals surface area contributed by atoms with E-state index in [9.17, 15) is 0 Å². The molecule has 0 saturated heterocycles. The van der Waals surface area contributed by atoms with Gasteiger partial charge in [0.05, 0.1) is 19.0 Å². The Morgan fingerprint density at radius 1 is 0.950 bits per heavy atom. The van der Waals surface area contributed by atoms with Gasteiger partial charge in [-0.2, -0.15) is 0 Å². The minimum absolute atomic E-state index is 0.0699. The summed E-state index contributed by atoms with van der Waals surface area (Å²) in [5.41, 5.74) is 1.94. The molecule has 0 heterocycles. The normalized spacial score (nSPS) is 12.1. The number of ether oxygens (including phenoxy) is 2. The predicted molar refractivity (Wildman–Crippen MR) is 86.8 cm³/mol. The Labute approximate surface area is 136 Å². The molecule has 1 atom stereocenters. The first kappa shape index (κ1) is 15.5. The van der Waals surface area contributed by atoms with Crippen LogP contribution in [0.15, 0.2) is 36.4 Å². The van der Waals surface area contributed by atoms with E-state index >= 15 is 0 Å². The van der Waals surface area contributed by atoms with E-state index in [2.05, 4.69) is 15.9 Å². The largest absolute Gasteiger partial charge is 0.497 e. The molecule has 0 bridgehead atoms. The van der Waals surface area contributed by atoms with E-state index in [1.54, 1.807) is 20.3 Å². The van der Waals surface area contributed by atoms with Crippen LogP contribution < -0.4 is 9.47 Å². The molecule has 0 spiro atoms. The van der Waals surface area contributed by atoms with Crippen molar-refractivity contribution in [1.82, 2.24) is 0 Å². The molecule has 2 aromatic rings. The average molecular weight is 376 g/mol. The number of hydrogen-bond donors (Lipinski definition) is 0. The third kappa shape index (κ3) is 3.40. The summed E-state index contributed by atoms with van der Waals surface area (Å²) in [5.74, 6) is 1.48. The van der Waals surface area contributed by atoms with Crippen LogP contribution in [0.1, 0.15) is 16.0 Å². The number of alkyl halides is 1. The molecular formula is C15H13BrCl2O2. The Morgan fingerprint density at radius 3 is 2.15 bits per heavy atom. The van der Waals surface area contributed by atoms with Gasteiger partial charge in [0, 0.05) is 21.7 Å². The summed E-state index contributed by atoms with van der Waals surface area (Å²) >= 11 is 15.8. The minimum atomic E-state index is -0.0699. The van der Waals surface area contributed by atoms with Crippen LogP contribution in [0.5, 0.6) is 11.5 Å². The standard InChI is InChI=1S/C15H13BrCl2O2/c1-19-12-3-4-13(14(8-12)20-2)15(16)9-5-10(17)7-11(18)6-9/h3-8,15H,1-2H3. The summed E-state index contributed by atoms with van der Waals surface area (Å²) in [5, 5.41) is 1.20. The quantitative estimate of drug-likeness (QED) is 0.657. The second kappa shape index (κ2) is 6.70. The van der Waals surface area contributed by atoms with Gasteiger partial charge < -0.3 is 9.47 Å². The number of hydrogen-bond acceptors (Lipinski definition) is 2. The molecule has 0 aliphatic carbocycles. The minimum Gasteiger partial charge on any atom is -0.497 e. The molecule has 2 rings (SSSR count). The maximum Gasteiger partial charge on any atom is 0.127 e. The van der Waals surface area contributed by atoms with Gasteiger partial charge in [-0.15, -0.1) is 0 Å². The molecule has 0 aliphatic heterocycles. The molecule has 20 heavy (non-hydrogen) atoms. The zero-order chi connectivity index (χ0) is 14.7. The number of halogens is 3. The zero-order valence-electron chi connectivity index (χ0n) is 11.0. The van der Waals surface area contributed by atoms with Crippen LogP contribution in [0.3, 0.4) is 0 Å². The lowest BCUT2D eigenvalue weighted by Gasteiger charge is -2.16. The van der Waals surface area contributed by atoms with Crippen LogP contribution in [0.25, 0.3) is 0 Å². The molecule has 0 aliphatic rings. The Bertz CT molecular complexity index is 597. The highest BCUT2D eigenvalue weighted by molar-refractivity contribution is 9.09. The average Bonchev–Trinajstić information content (AvgIpc) is 2.44. The Balaban J connectivity index is 2.44. The third-order valence-electron chi connectivity index (χ3n) is 2.89. The van der Waals surface area contributed by atoms with E-state index in [4.69, 9.17) is 32.7 Å². The third-order valence-corrected chi connectivity index (χ3v) is 4.35. The molecule has 2 nitrogen and oxygen atoms in total. The first-order valence-corrected chi connectivity index (χ1v) is 7.54. The van der Waals surface area contributed by atoms with Gasteiger partial charge in [0.1, 0.15) is 11.5 Å². The predicted octanol–water partition coefficient (Wildman–Crippen LogP) is 5.49. The van der Waals surface area contributed by atoms with E-state index in [0.29, 0.717) is 10.0 Å². The first-order chi connectivity index (χ1) is 9.55. The topological polar surface area (TPSA) is 18.5 Å². The van der Waals surface area contributed by atoms with Crippen molar-refractivity contribution in [1.29, 1.82) is 0 Å². The van der Waals surface area contributed by atoms with Crippen LogP contribution >= 0.6 is 39.1 Å². The van der Waals surface area contributed by atoms with Gasteiger partial charge in [-0.3, -0.25) is 0 Å². The zero-order valence-corrected chi connectivity index (χ0v) is 14.1. The fourth-order valence-corrected chi connectivity index (χ4v) is 3.11. The van der Waals surface area contributed by atoms with Crippen LogP contribution in [0.4, 0.5) is 0 Å². The van der Waals surface area contributed by atoms with Crippen LogP contribution in [-0.4, -0.2) is 14.2 Å². The Morgan fingerprint density at radius 2 is 1.60 bits per heavy atom. The van der Waals surface area contributed by atoms with Crippen molar-refractivity contribution in [2.24, 2.45) is 0 Å². The number of rotatable bonds is 4. The van der Waals surface area contributed by atoms with Crippen LogP contribution in [0, 0.1) is 0 Å². The second-order valence-electron chi connectivity index (χ2n) is 4.17. The van der Waals surface area contributed by atoms with Crippen molar-refractivity contribution in [3.8, 4) is 11.5 Å². The summed E-state index contributed by atoms with van der Waals surface area (Å²) in [6, 6.07) is 11.1. The SMILES string of the molecule is COc1ccc(C(Br)c2cc(Cl)cc(Cl)c2)c(OC)c1. The lowest BCUT2D eigenvalue weighted by Crippen LogP contribution is -1.98. The lowest BCUT2D eigenvalue weighted by molar-refractivity contribution is 0.391. The van der Waals surface area contributed by atoms with Gasteiger partial charge in [0.25, 0.3) is 0 Å². The fourth-order valence-electron chi connectivity index (χ4n) is 1.93. The van der Waals surface area contributed by atoms with E-state index in [0.717, 1.165) is 22.6 Å². The highest BCUT2D eigenvalue weighted by Crippen LogP contribution is 2.39. The number of benzene rings is 2. The van der Waals surface area contributed by atoms with Gasteiger partial charge >= 0.3 is 0 Å². The summed E-state index contributed by atoms with van der Waals surface area (Å²) in [4.78, 5) is -0.0699. The molecule has 0 aromatic heterocycles. The Kier molecular flexibility index (Phi) is 5.19. The summed E-state index contributed by atoms with van der Waals surface area (Å²) < 4.78 is 10.6. The lowest BCUT2D eigenvalue weighted by atomic mass is 10.0. The molecule has 1 unspecified atom stereocenters. The highest BCUT2D eigenvalue weighted by Gasteiger charge is 2.17. The molecule has 5 heteroatoms. The molecule has 0 saturated carbocycles. The van der Waals surface area contributed by atoms with Crippen LogP contribution in [-0.2, 0) is 0 Å². The van der Waals surface area contributed by atoms with E-state index in [-0.39, 0.29) is 4.83 Å². The van der Waals surface area contributed by atoms with E-state index in [1.165, 1.54) is 0 Å². The fraction of sp³-hybridized carbons (Fsp3) is 0.200. The maximum atomic E-state index is 6.05. The van der Waals surface area contributed by atoms with Crippen molar-refractivity contribution in [2.45, 2.75) is 4.83 Å². The van der Waals surface area contributed by atoms with Crippen molar-refractivity contribution < 1.29 is 9.47 Å². The van der Waals surface area contributed by atoms with Gasteiger partial charge in [-0.05, 0) is 29.8 Å². The van der Waals surface area contributed by atoms with Gasteiger partial charge in [-0.25, -0.2) is 0 Å². The first-order valence-electron chi connectivity index (χ1n) is 5.87. The summed E-state index contributed by atoms with van der Waals surface area (Å²) in [7, 11) is 3.25. The second-order valence-corrected chi connectivity index (χ2v) is 5.96. The highest BCUT2D eigenvalue weighted by atomic mass is 79.9. The maximum absolute atomic E-state index is 6.05. The molecule has 0 N–H and O–H groups in total. The molecular weight excluding hydrogens is 363 g/mol. The molecule has 0 radical (unpaired) electrons. The smallest absolute Gasteiger partial charge is 0.127 e. The van der Waals surface area contributed by atoms with Gasteiger partial charge in [0.15, 0.2) is 0 Å². The monoisotopic (exact) mass is 374 g/mol. The molecule has 0 amide bonds. The van der Waals surface area contributed by atoms with Crippen molar-refractivity contribution in [3.63, 3.8) is 0 Å². The van der Waals surface area contributed by atoms with E-state index in [1.807, 2.05) is 30.3 Å². The Hall–Kier alpha value is -0.900. The van der Waals surface area contributed by atoms with Crippen molar-refractivity contribution in [3.05, 3.63) is 57.6 Å². The van der Waals surface area contributed by atoms with Gasteiger partial charge in [0.2, 0.25) is 0 Å². The van der Waals surface area contributed by atoms with Crippen molar-refractivity contribution in [2.75, 3.05) is 14.2 Å². The van der Waals surface area contributed by atoms with E-state index < -0.39 is 0 Å².